The van der Waals surface area contributed by atoms with Gasteiger partial charge in [-0.3, -0.25) is 4.99 Å². The zero-order valence-corrected chi connectivity index (χ0v) is 9.98. The third kappa shape index (κ3) is 2.20. The number of carboxylic acid groups (broad SMARTS) is 1. The van der Waals surface area contributed by atoms with Crippen molar-refractivity contribution in [2.45, 2.75) is 0 Å². The van der Waals surface area contributed by atoms with Gasteiger partial charge in [-0.2, -0.15) is 0 Å². The first-order chi connectivity index (χ1) is 9.24. The number of aromatic nitrogens is 1. The molecule has 2 aromatic rings. The molecule has 0 spiro atoms. The molecule has 1 aliphatic heterocycles. The molecule has 1 aromatic heterocycles. The van der Waals surface area contributed by atoms with Crippen LogP contribution < -0.4 is 4.90 Å². The van der Waals surface area contributed by atoms with Crippen LogP contribution in [0.4, 0.5) is 5.69 Å². The molecule has 6 nitrogen and oxygen atoms in total. The zero-order chi connectivity index (χ0) is 13.2. The van der Waals surface area contributed by atoms with Crippen LogP contribution in [0.5, 0.6) is 0 Å². The number of aliphatic imine (C=N–C) groups is 1. The topological polar surface area (TPSA) is 78.9 Å². The minimum absolute atomic E-state index is 0.0919. The fourth-order valence-corrected chi connectivity index (χ4v) is 1.90. The van der Waals surface area contributed by atoms with Gasteiger partial charge in [-0.1, -0.05) is 5.16 Å². The molecule has 0 fully saturated rings. The summed E-state index contributed by atoms with van der Waals surface area (Å²) >= 11 is 0. The van der Waals surface area contributed by atoms with Crippen molar-refractivity contribution in [2.24, 2.45) is 4.99 Å². The van der Waals surface area contributed by atoms with Crippen LogP contribution in [-0.4, -0.2) is 35.7 Å². The van der Waals surface area contributed by atoms with Crippen molar-refractivity contribution in [3.63, 3.8) is 0 Å². The summed E-state index contributed by atoms with van der Waals surface area (Å²) in [4.78, 5) is 16.9. The molecule has 0 saturated carbocycles. The summed E-state index contributed by atoms with van der Waals surface area (Å²) < 4.78 is 5.01. The van der Waals surface area contributed by atoms with Crippen LogP contribution in [0.1, 0.15) is 10.5 Å². The molecule has 3 rings (SSSR count). The van der Waals surface area contributed by atoms with Crippen molar-refractivity contribution in [1.29, 1.82) is 0 Å². The van der Waals surface area contributed by atoms with E-state index in [-0.39, 0.29) is 5.69 Å². The number of hydrogen-bond acceptors (Lipinski definition) is 5. The van der Waals surface area contributed by atoms with Gasteiger partial charge in [0.15, 0.2) is 11.5 Å². The van der Waals surface area contributed by atoms with Crippen LogP contribution in [0.15, 0.2) is 39.8 Å². The lowest BCUT2D eigenvalue weighted by molar-refractivity contribution is 0.0686. The Hall–Kier alpha value is -2.63. The highest BCUT2D eigenvalue weighted by molar-refractivity contribution is 5.86. The molecule has 1 aliphatic rings. The van der Waals surface area contributed by atoms with Crippen LogP contribution in [0.2, 0.25) is 0 Å². The standard InChI is InChI=1S/C13H11N3O3/c17-13(18)11-7-12(19-15-11)9-1-3-10(4-2-9)16-6-5-14-8-16/h1-4,7-8H,5-6H2,(H,17,18). The molecule has 0 saturated heterocycles. The monoisotopic (exact) mass is 257 g/mol. The summed E-state index contributed by atoms with van der Waals surface area (Å²) in [6, 6.07) is 9.03. The molecule has 0 aliphatic carbocycles. The summed E-state index contributed by atoms with van der Waals surface area (Å²) in [5.74, 6) is -0.654. The van der Waals surface area contributed by atoms with Crippen molar-refractivity contribution >= 4 is 18.0 Å². The highest BCUT2D eigenvalue weighted by Gasteiger charge is 2.13. The molecule has 0 atom stereocenters. The Morgan fingerprint density at radius 3 is 2.68 bits per heavy atom. The zero-order valence-electron chi connectivity index (χ0n) is 9.98. The highest BCUT2D eigenvalue weighted by Crippen LogP contribution is 2.24. The van der Waals surface area contributed by atoms with Crippen molar-refractivity contribution < 1.29 is 14.4 Å². The second-order valence-corrected chi connectivity index (χ2v) is 4.14. The number of rotatable bonds is 3. The van der Waals surface area contributed by atoms with E-state index < -0.39 is 5.97 Å². The van der Waals surface area contributed by atoms with Gasteiger partial charge in [0.25, 0.3) is 0 Å². The van der Waals surface area contributed by atoms with E-state index in [1.165, 1.54) is 6.07 Å². The molecule has 1 N–H and O–H groups in total. The maximum Gasteiger partial charge on any atom is 0.358 e. The molecule has 6 heteroatoms. The van der Waals surface area contributed by atoms with Gasteiger partial charge in [0.1, 0.15) is 0 Å². The third-order valence-electron chi connectivity index (χ3n) is 2.90. The van der Waals surface area contributed by atoms with Gasteiger partial charge in [-0.25, -0.2) is 4.79 Å². The first kappa shape index (κ1) is 11.5. The normalized spacial score (nSPS) is 14.0. The summed E-state index contributed by atoms with van der Waals surface area (Å²) in [6.45, 7) is 1.69. The van der Waals surface area contributed by atoms with Crippen LogP contribution in [0.25, 0.3) is 11.3 Å². The smallest absolute Gasteiger partial charge is 0.358 e. The molecule has 0 unspecified atom stereocenters. The second kappa shape index (κ2) is 4.56. The Bertz CT molecular complexity index is 631. The van der Waals surface area contributed by atoms with E-state index in [0.717, 1.165) is 24.3 Å². The highest BCUT2D eigenvalue weighted by atomic mass is 16.5. The minimum atomic E-state index is -1.10. The number of aromatic carboxylic acids is 1. The van der Waals surface area contributed by atoms with Gasteiger partial charge in [0, 0.05) is 23.9 Å². The summed E-state index contributed by atoms with van der Waals surface area (Å²) in [6.07, 6.45) is 1.81. The van der Waals surface area contributed by atoms with E-state index in [1.54, 1.807) is 0 Å². The summed E-state index contributed by atoms with van der Waals surface area (Å²) in [7, 11) is 0. The number of carboxylic acids is 1. The largest absolute Gasteiger partial charge is 0.476 e. The molecule has 0 bridgehead atoms. The molecular formula is C13H11N3O3. The number of hydrogen-bond donors (Lipinski definition) is 1. The van der Waals surface area contributed by atoms with Crippen molar-refractivity contribution in [2.75, 3.05) is 18.0 Å². The van der Waals surface area contributed by atoms with E-state index in [2.05, 4.69) is 10.1 Å². The van der Waals surface area contributed by atoms with Gasteiger partial charge in [0.05, 0.1) is 12.9 Å². The van der Waals surface area contributed by atoms with Crippen LogP contribution in [0.3, 0.4) is 0 Å². The summed E-state index contributed by atoms with van der Waals surface area (Å²) in [5, 5.41) is 12.3. The van der Waals surface area contributed by atoms with Crippen LogP contribution in [-0.2, 0) is 0 Å². The maximum atomic E-state index is 10.7. The van der Waals surface area contributed by atoms with Gasteiger partial charge in [-0.15, -0.1) is 0 Å². The SMILES string of the molecule is O=C(O)c1cc(-c2ccc(N3C=NCC3)cc2)on1. The third-order valence-corrected chi connectivity index (χ3v) is 2.90. The lowest BCUT2D eigenvalue weighted by Gasteiger charge is -2.13. The molecule has 2 heterocycles. The lowest BCUT2D eigenvalue weighted by atomic mass is 10.1. The maximum absolute atomic E-state index is 10.7. The van der Waals surface area contributed by atoms with E-state index in [1.807, 2.05) is 35.5 Å². The number of carbonyl (C=O) groups is 1. The molecular weight excluding hydrogens is 246 g/mol. The van der Waals surface area contributed by atoms with Gasteiger partial charge < -0.3 is 14.5 Å². The van der Waals surface area contributed by atoms with E-state index >= 15 is 0 Å². The fraction of sp³-hybridized carbons (Fsp3) is 0.154. The summed E-state index contributed by atoms with van der Waals surface area (Å²) in [5.41, 5.74) is 1.74. The molecule has 0 amide bonds. The minimum Gasteiger partial charge on any atom is -0.476 e. The molecule has 96 valence electrons. The van der Waals surface area contributed by atoms with E-state index in [9.17, 15) is 4.79 Å². The predicted molar refractivity (Wildman–Crippen MR) is 69.6 cm³/mol. The number of anilines is 1. The number of benzene rings is 1. The average Bonchev–Trinajstić information content (AvgIpc) is 3.11. The van der Waals surface area contributed by atoms with Gasteiger partial charge in [0.2, 0.25) is 0 Å². The lowest BCUT2D eigenvalue weighted by Crippen LogP contribution is -2.17. The first-order valence-electron chi connectivity index (χ1n) is 5.81. The van der Waals surface area contributed by atoms with E-state index in [0.29, 0.717) is 5.76 Å². The predicted octanol–water partition coefficient (Wildman–Crippen LogP) is 1.89. The van der Waals surface area contributed by atoms with Gasteiger partial charge >= 0.3 is 5.97 Å². The first-order valence-corrected chi connectivity index (χ1v) is 5.81. The Morgan fingerprint density at radius 2 is 2.11 bits per heavy atom. The molecule has 1 aromatic carbocycles. The Morgan fingerprint density at radius 1 is 1.32 bits per heavy atom. The van der Waals surface area contributed by atoms with Crippen molar-refractivity contribution in [3.05, 3.63) is 36.0 Å². The average molecular weight is 257 g/mol. The second-order valence-electron chi connectivity index (χ2n) is 4.14. The quantitative estimate of drug-likeness (QED) is 0.908. The Kier molecular flexibility index (Phi) is 2.75. The van der Waals surface area contributed by atoms with Crippen LogP contribution >= 0.6 is 0 Å². The fourth-order valence-electron chi connectivity index (χ4n) is 1.90. The molecule has 0 radical (unpaired) electrons. The van der Waals surface area contributed by atoms with Crippen molar-refractivity contribution in [3.8, 4) is 11.3 Å². The molecule has 19 heavy (non-hydrogen) atoms. The van der Waals surface area contributed by atoms with E-state index in [4.69, 9.17) is 9.63 Å². The number of nitrogens with zero attached hydrogens (tertiary/aromatic N) is 3. The van der Waals surface area contributed by atoms with Crippen LogP contribution in [0, 0.1) is 0 Å². The van der Waals surface area contributed by atoms with Gasteiger partial charge in [-0.05, 0) is 24.3 Å². The Balaban J connectivity index is 1.85. The Labute approximate surface area is 109 Å². The van der Waals surface area contributed by atoms with Crippen molar-refractivity contribution in [1.82, 2.24) is 5.16 Å².